The van der Waals surface area contributed by atoms with Gasteiger partial charge in [-0.15, -0.1) is 0 Å². The van der Waals surface area contributed by atoms with Crippen LogP contribution < -0.4 is 0 Å². The molecule has 0 aliphatic carbocycles. The molecule has 0 aliphatic rings. The Balaban J connectivity index is 2.14. The molecule has 0 bridgehead atoms. The molecule has 0 fully saturated rings. The average molecular weight is 248 g/mol. The van der Waals surface area contributed by atoms with Crippen LogP contribution in [0.15, 0.2) is 66.7 Å². The summed E-state index contributed by atoms with van der Waals surface area (Å²) in [5.74, 6) is 0. The summed E-state index contributed by atoms with van der Waals surface area (Å²) in [5.41, 5.74) is 5.21. The molecular weight excluding hydrogens is 228 g/mol. The minimum Gasteiger partial charge on any atom is -0.0622 e. The van der Waals surface area contributed by atoms with E-state index >= 15 is 0 Å². The Kier molecular flexibility index (Phi) is 4.74. The molecule has 19 heavy (non-hydrogen) atoms. The van der Waals surface area contributed by atoms with Crippen LogP contribution in [-0.2, 0) is 0 Å². The summed E-state index contributed by atoms with van der Waals surface area (Å²) in [4.78, 5) is 0. The molecule has 0 nitrogen and oxygen atoms in total. The first-order valence-electron chi connectivity index (χ1n) is 6.79. The summed E-state index contributed by atoms with van der Waals surface area (Å²) >= 11 is 0. The van der Waals surface area contributed by atoms with Gasteiger partial charge in [0.2, 0.25) is 0 Å². The summed E-state index contributed by atoms with van der Waals surface area (Å²) in [6.07, 6.45) is 7.53. The highest BCUT2D eigenvalue weighted by molar-refractivity contribution is 5.68. The van der Waals surface area contributed by atoms with E-state index in [0.717, 1.165) is 6.42 Å². The van der Waals surface area contributed by atoms with Crippen molar-refractivity contribution in [1.82, 2.24) is 0 Å². The number of hydrogen-bond donors (Lipinski definition) is 0. The minimum atomic E-state index is 1.04. The molecule has 0 saturated carbocycles. The van der Waals surface area contributed by atoms with Crippen molar-refractivity contribution in [3.05, 3.63) is 83.4 Å². The number of aryl methyl sites for hydroxylation is 1. The van der Waals surface area contributed by atoms with Gasteiger partial charge in [-0.05, 0) is 30.0 Å². The van der Waals surface area contributed by atoms with Gasteiger partial charge in [0.15, 0.2) is 0 Å². The predicted molar refractivity (Wildman–Crippen MR) is 84.9 cm³/mol. The highest BCUT2D eigenvalue weighted by atomic mass is 14.0. The van der Waals surface area contributed by atoms with Gasteiger partial charge in [0, 0.05) is 0 Å². The lowest BCUT2D eigenvalue weighted by molar-refractivity contribution is 1.24. The maximum Gasteiger partial charge on any atom is -0.0225 e. The third-order valence-electron chi connectivity index (χ3n) is 3.19. The van der Waals surface area contributed by atoms with Crippen LogP contribution in [0.3, 0.4) is 0 Å². The van der Waals surface area contributed by atoms with Gasteiger partial charge in [0.25, 0.3) is 0 Å². The fourth-order valence-corrected chi connectivity index (χ4v) is 2.02. The van der Waals surface area contributed by atoms with Gasteiger partial charge in [0.05, 0.1) is 0 Å². The molecule has 2 aromatic rings. The first-order valence-corrected chi connectivity index (χ1v) is 6.79. The average Bonchev–Trinajstić information content (AvgIpc) is 2.46. The topological polar surface area (TPSA) is 0 Å². The van der Waals surface area contributed by atoms with Crippen molar-refractivity contribution in [2.75, 3.05) is 0 Å². The van der Waals surface area contributed by atoms with E-state index in [1.54, 1.807) is 0 Å². The van der Waals surface area contributed by atoms with Gasteiger partial charge < -0.3 is 0 Å². The van der Waals surface area contributed by atoms with E-state index in [1.807, 2.05) is 0 Å². The molecule has 96 valence electrons. The Hall–Kier alpha value is -2.08. The van der Waals surface area contributed by atoms with E-state index in [0.29, 0.717) is 0 Å². The monoisotopic (exact) mass is 248 g/mol. The quantitative estimate of drug-likeness (QED) is 0.626. The zero-order chi connectivity index (χ0) is 13.5. The lowest BCUT2D eigenvalue weighted by atomic mass is 10.0. The SMILES string of the molecule is CCC(=CC=Cc1ccc(C)cc1)c1ccccc1. The second kappa shape index (κ2) is 6.75. The fraction of sp³-hybridized carbons (Fsp3) is 0.158. The molecule has 0 aliphatic heterocycles. The van der Waals surface area contributed by atoms with Gasteiger partial charge >= 0.3 is 0 Å². The van der Waals surface area contributed by atoms with Crippen LogP contribution in [0.25, 0.3) is 11.6 Å². The second-order valence-electron chi connectivity index (χ2n) is 4.68. The van der Waals surface area contributed by atoms with Gasteiger partial charge in [0.1, 0.15) is 0 Å². The van der Waals surface area contributed by atoms with Crippen molar-refractivity contribution >= 4 is 11.6 Å². The largest absolute Gasteiger partial charge is 0.0622 e. The standard InChI is InChI=1S/C19H20/c1-3-18(19-9-5-4-6-10-19)11-7-8-17-14-12-16(2)13-15-17/h4-15H,3H2,1-2H3. The number of benzene rings is 2. The van der Waals surface area contributed by atoms with Crippen molar-refractivity contribution in [2.24, 2.45) is 0 Å². The zero-order valence-corrected chi connectivity index (χ0v) is 11.6. The van der Waals surface area contributed by atoms with E-state index in [2.05, 4.69) is 86.7 Å². The van der Waals surface area contributed by atoms with Gasteiger partial charge in [-0.1, -0.05) is 85.3 Å². The van der Waals surface area contributed by atoms with Crippen molar-refractivity contribution in [3.8, 4) is 0 Å². The Labute approximate surface area is 116 Å². The Morgan fingerprint density at radius 1 is 0.947 bits per heavy atom. The second-order valence-corrected chi connectivity index (χ2v) is 4.68. The van der Waals surface area contributed by atoms with Crippen molar-refractivity contribution in [3.63, 3.8) is 0 Å². The molecule has 0 spiro atoms. The van der Waals surface area contributed by atoms with Crippen LogP contribution in [0, 0.1) is 6.92 Å². The molecule has 0 N–H and O–H groups in total. The summed E-state index contributed by atoms with van der Waals surface area (Å²) < 4.78 is 0. The maximum atomic E-state index is 2.20. The highest BCUT2D eigenvalue weighted by Crippen LogP contribution is 2.17. The number of rotatable bonds is 4. The lowest BCUT2D eigenvalue weighted by Crippen LogP contribution is -1.80. The summed E-state index contributed by atoms with van der Waals surface area (Å²) in [7, 11) is 0. The first kappa shape index (κ1) is 13.4. The molecular formula is C19H20. The van der Waals surface area contributed by atoms with Crippen LogP contribution >= 0.6 is 0 Å². The van der Waals surface area contributed by atoms with Crippen molar-refractivity contribution < 1.29 is 0 Å². The molecule has 0 unspecified atom stereocenters. The highest BCUT2D eigenvalue weighted by Gasteiger charge is 1.95. The third-order valence-corrected chi connectivity index (χ3v) is 3.19. The van der Waals surface area contributed by atoms with Crippen molar-refractivity contribution in [2.45, 2.75) is 20.3 Å². The number of allylic oxidation sites excluding steroid dienone is 3. The van der Waals surface area contributed by atoms with E-state index < -0.39 is 0 Å². The molecule has 2 rings (SSSR count). The van der Waals surface area contributed by atoms with Crippen LogP contribution in [-0.4, -0.2) is 0 Å². The first-order chi connectivity index (χ1) is 9.29. The van der Waals surface area contributed by atoms with E-state index in [4.69, 9.17) is 0 Å². The summed E-state index contributed by atoms with van der Waals surface area (Å²) in [5, 5.41) is 0. The van der Waals surface area contributed by atoms with E-state index in [-0.39, 0.29) is 0 Å². The van der Waals surface area contributed by atoms with Crippen molar-refractivity contribution in [1.29, 1.82) is 0 Å². The van der Waals surface area contributed by atoms with Gasteiger partial charge in [-0.3, -0.25) is 0 Å². The lowest BCUT2D eigenvalue weighted by Gasteiger charge is -2.02. The smallest absolute Gasteiger partial charge is 0.0225 e. The molecule has 0 amide bonds. The molecule has 0 saturated heterocycles. The zero-order valence-electron chi connectivity index (χ0n) is 11.6. The molecule has 0 radical (unpaired) electrons. The number of hydrogen-bond acceptors (Lipinski definition) is 0. The minimum absolute atomic E-state index is 1.04. The van der Waals surface area contributed by atoms with Gasteiger partial charge in [-0.2, -0.15) is 0 Å². The Morgan fingerprint density at radius 3 is 2.26 bits per heavy atom. The molecule has 2 aromatic carbocycles. The normalized spacial score (nSPS) is 12.0. The van der Waals surface area contributed by atoms with Crippen LogP contribution in [0.4, 0.5) is 0 Å². The third kappa shape index (κ3) is 3.96. The Morgan fingerprint density at radius 2 is 1.63 bits per heavy atom. The molecule has 0 heterocycles. The van der Waals surface area contributed by atoms with E-state index in [1.165, 1.54) is 22.3 Å². The summed E-state index contributed by atoms with van der Waals surface area (Å²) in [6, 6.07) is 19.1. The van der Waals surface area contributed by atoms with Crippen LogP contribution in [0.5, 0.6) is 0 Å². The van der Waals surface area contributed by atoms with Gasteiger partial charge in [-0.25, -0.2) is 0 Å². The maximum absolute atomic E-state index is 2.20. The molecule has 0 heteroatoms. The Bertz CT molecular complexity index is 557. The molecule has 0 atom stereocenters. The summed E-state index contributed by atoms with van der Waals surface area (Å²) in [6.45, 7) is 4.30. The predicted octanol–water partition coefficient (Wildman–Crippen LogP) is 5.50. The fourth-order valence-electron chi connectivity index (χ4n) is 2.02. The molecule has 0 aromatic heterocycles. The van der Waals surface area contributed by atoms with Crippen LogP contribution in [0.1, 0.15) is 30.0 Å². The van der Waals surface area contributed by atoms with Crippen LogP contribution in [0.2, 0.25) is 0 Å². The van der Waals surface area contributed by atoms with E-state index in [9.17, 15) is 0 Å².